The zero-order valence-electron chi connectivity index (χ0n) is 16.2. The molecule has 0 amide bonds. The maximum atomic E-state index is 9.72. The smallest absolute Gasteiger partial charge is 0.136 e. The number of aromatic nitrogens is 1. The zero-order valence-corrected chi connectivity index (χ0v) is 17.8. The Morgan fingerprint density at radius 2 is 1.77 bits per heavy atom. The van der Waals surface area contributed by atoms with Gasteiger partial charge in [0.05, 0.1) is 16.3 Å². The van der Waals surface area contributed by atoms with E-state index in [2.05, 4.69) is 36.4 Å². The molecule has 0 N–H and O–H groups in total. The molecular weight excluding hydrogens is 424 g/mol. The second-order valence-corrected chi connectivity index (χ2v) is 8.22. The van der Waals surface area contributed by atoms with Crippen molar-refractivity contribution in [2.24, 2.45) is 0 Å². The summed E-state index contributed by atoms with van der Waals surface area (Å²) >= 11 is 7.70. The van der Waals surface area contributed by atoms with Crippen molar-refractivity contribution in [2.75, 3.05) is 0 Å². The lowest BCUT2D eigenvalue weighted by molar-refractivity contribution is 0.572. The van der Waals surface area contributed by atoms with E-state index in [0.717, 1.165) is 22.2 Å². The van der Waals surface area contributed by atoms with Crippen LogP contribution in [0.4, 0.5) is 0 Å². The fourth-order valence-electron chi connectivity index (χ4n) is 3.40. The molecule has 3 nitrogen and oxygen atoms in total. The van der Waals surface area contributed by atoms with E-state index in [-0.39, 0.29) is 0 Å². The molecule has 31 heavy (non-hydrogen) atoms. The normalized spacial score (nSPS) is 11.5. The van der Waals surface area contributed by atoms with Crippen LogP contribution in [0.5, 0.6) is 0 Å². The van der Waals surface area contributed by atoms with Crippen LogP contribution in [0.25, 0.3) is 45.0 Å². The van der Waals surface area contributed by atoms with E-state index >= 15 is 0 Å². The van der Waals surface area contributed by atoms with Crippen molar-refractivity contribution in [3.05, 3.63) is 100 Å². The van der Waals surface area contributed by atoms with Gasteiger partial charge in [-0.2, -0.15) is 5.26 Å². The molecule has 0 bridgehead atoms. The largest absolute Gasteiger partial charge is 0.457 e. The minimum Gasteiger partial charge on any atom is -0.457 e. The first-order valence-electron chi connectivity index (χ1n) is 9.63. The minimum atomic E-state index is 0.456. The number of furan rings is 1. The van der Waals surface area contributed by atoms with Gasteiger partial charge in [0.2, 0.25) is 0 Å². The molecule has 5 heteroatoms. The molecule has 0 aliphatic carbocycles. The van der Waals surface area contributed by atoms with E-state index in [9.17, 15) is 5.26 Å². The highest BCUT2D eigenvalue weighted by atomic mass is 35.5. The van der Waals surface area contributed by atoms with Crippen LogP contribution in [-0.4, -0.2) is 4.98 Å². The van der Waals surface area contributed by atoms with Gasteiger partial charge in [-0.1, -0.05) is 60.1 Å². The highest BCUT2D eigenvalue weighted by Gasteiger charge is 2.12. The van der Waals surface area contributed by atoms with Crippen LogP contribution in [0.3, 0.4) is 0 Å². The number of nitrogens with zero attached hydrogens (tertiary/aromatic N) is 2. The van der Waals surface area contributed by atoms with Gasteiger partial charge >= 0.3 is 0 Å². The molecule has 0 unspecified atom stereocenters. The predicted octanol–water partition coefficient (Wildman–Crippen LogP) is 7.94. The third-order valence-corrected chi connectivity index (χ3v) is 6.16. The summed E-state index contributed by atoms with van der Waals surface area (Å²) in [4.78, 5) is 4.70. The third-order valence-electron chi connectivity index (χ3n) is 4.95. The average Bonchev–Trinajstić information content (AvgIpc) is 3.47. The van der Waals surface area contributed by atoms with Crippen molar-refractivity contribution in [2.45, 2.75) is 0 Å². The summed E-state index contributed by atoms with van der Waals surface area (Å²) in [6, 6.07) is 27.9. The van der Waals surface area contributed by atoms with Crippen molar-refractivity contribution in [1.29, 1.82) is 5.26 Å². The minimum absolute atomic E-state index is 0.456. The molecule has 0 saturated heterocycles. The second-order valence-electron chi connectivity index (χ2n) is 6.95. The molecule has 148 valence electrons. The Balaban J connectivity index is 1.46. The molecule has 0 aliphatic rings. The molecule has 0 fully saturated rings. The number of allylic oxidation sites excluding steroid dienone is 1. The number of hydrogen-bond donors (Lipinski definition) is 0. The number of hydrogen-bond acceptors (Lipinski definition) is 4. The van der Waals surface area contributed by atoms with Gasteiger partial charge in [-0.25, -0.2) is 4.98 Å². The maximum Gasteiger partial charge on any atom is 0.136 e. The first-order valence-corrected chi connectivity index (χ1v) is 10.9. The van der Waals surface area contributed by atoms with Gasteiger partial charge in [0.25, 0.3) is 0 Å². The second kappa shape index (κ2) is 8.23. The SMILES string of the molecule is N#CC(=Cc1ccc(-c2ccccc2Cl)o1)c1nc(-c2ccc3ccccc3c2)cs1. The van der Waals surface area contributed by atoms with E-state index in [1.54, 1.807) is 6.08 Å². The molecule has 0 atom stereocenters. The molecule has 3 aromatic carbocycles. The Kier molecular flexibility index (Phi) is 5.13. The molecule has 5 rings (SSSR count). The molecule has 2 heterocycles. The highest BCUT2D eigenvalue weighted by molar-refractivity contribution is 7.11. The summed E-state index contributed by atoms with van der Waals surface area (Å²) in [6.45, 7) is 0. The Morgan fingerprint density at radius 1 is 0.968 bits per heavy atom. The fraction of sp³-hybridized carbons (Fsp3) is 0. The molecular formula is C26H15ClN2OS. The predicted molar refractivity (Wildman–Crippen MR) is 128 cm³/mol. The summed E-state index contributed by atoms with van der Waals surface area (Å²) in [5.74, 6) is 1.24. The van der Waals surface area contributed by atoms with E-state index in [1.807, 2.05) is 53.9 Å². The number of halogens is 1. The molecule has 0 saturated carbocycles. The summed E-state index contributed by atoms with van der Waals surface area (Å²) in [5.41, 5.74) is 3.15. The van der Waals surface area contributed by atoms with Gasteiger partial charge in [-0.05, 0) is 41.1 Å². The van der Waals surface area contributed by atoms with Gasteiger partial charge in [0.1, 0.15) is 22.6 Å². The fourth-order valence-corrected chi connectivity index (χ4v) is 4.42. The number of fused-ring (bicyclic) bond motifs is 1. The Morgan fingerprint density at radius 3 is 2.61 bits per heavy atom. The van der Waals surface area contributed by atoms with Gasteiger partial charge in [-0.15, -0.1) is 11.3 Å². The Bertz CT molecular complexity index is 1470. The quantitative estimate of drug-likeness (QED) is 0.267. The lowest BCUT2D eigenvalue weighted by Gasteiger charge is -2.01. The summed E-state index contributed by atoms with van der Waals surface area (Å²) in [6.07, 6.45) is 1.71. The van der Waals surface area contributed by atoms with Gasteiger partial charge in [0, 0.05) is 22.6 Å². The van der Waals surface area contributed by atoms with Gasteiger partial charge < -0.3 is 4.42 Å². The van der Waals surface area contributed by atoms with Crippen molar-refractivity contribution in [3.8, 4) is 28.7 Å². The van der Waals surface area contributed by atoms with Crippen LogP contribution in [0.2, 0.25) is 5.02 Å². The van der Waals surface area contributed by atoms with Crippen molar-refractivity contribution in [3.63, 3.8) is 0 Å². The van der Waals surface area contributed by atoms with Crippen LogP contribution in [0, 0.1) is 11.3 Å². The lowest BCUT2D eigenvalue weighted by atomic mass is 10.1. The topological polar surface area (TPSA) is 49.8 Å². The highest BCUT2D eigenvalue weighted by Crippen LogP contribution is 2.32. The summed E-state index contributed by atoms with van der Waals surface area (Å²) in [7, 11) is 0. The number of benzene rings is 3. The average molecular weight is 439 g/mol. The maximum absolute atomic E-state index is 9.72. The van der Waals surface area contributed by atoms with Crippen LogP contribution < -0.4 is 0 Å². The standard InChI is InChI=1S/C26H15ClN2OS/c27-23-8-4-3-7-22(23)25-12-11-21(30-25)14-20(15-28)26-29-24(16-31-26)19-10-9-17-5-1-2-6-18(17)13-19/h1-14,16H. The molecule has 2 aromatic heterocycles. The van der Waals surface area contributed by atoms with E-state index in [4.69, 9.17) is 21.0 Å². The molecule has 0 spiro atoms. The third kappa shape index (κ3) is 3.89. The van der Waals surface area contributed by atoms with Crippen LogP contribution in [0.15, 0.2) is 88.7 Å². The Labute approximate surface area is 188 Å². The first kappa shape index (κ1) is 19.3. The lowest BCUT2D eigenvalue weighted by Crippen LogP contribution is -1.83. The van der Waals surface area contributed by atoms with Crippen molar-refractivity contribution in [1.82, 2.24) is 4.98 Å². The monoisotopic (exact) mass is 438 g/mol. The zero-order chi connectivity index (χ0) is 21.2. The van der Waals surface area contributed by atoms with Gasteiger partial charge in [0.15, 0.2) is 0 Å². The Hall–Kier alpha value is -3.65. The van der Waals surface area contributed by atoms with Crippen LogP contribution in [0.1, 0.15) is 10.8 Å². The van der Waals surface area contributed by atoms with Crippen LogP contribution >= 0.6 is 22.9 Å². The van der Waals surface area contributed by atoms with E-state index < -0.39 is 0 Å². The van der Waals surface area contributed by atoms with Crippen molar-refractivity contribution >= 4 is 45.4 Å². The molecule has 5 aromatic rings. The van der Waals surface area contributed by atoms with Crippen LogP contribution in [-0.2, 0) is 0 Å². The summed E-state index contributed by atoms with van der Waals surface area (Å²) in [5, 5.41) is 15.3. The summed E-state index contributed by atoms with van der Waals surface area (Å²) < 4.78 is 5.91. The molecule has 0 radical (unpaired) electrons. The van der Waals surface area contributed by atoms with E-state index in [0.29, 0.717) is 27.1 Å². The number of thiazole rings is 1. The number of nitriles is 1. The first-order chi connectivity index (χ1) is 15.2. The van der Waals surface area contributed by atoms with Crippen molar-refractivity contribution < 1.29 is 4.42 Å². The molecule has 0 aliphatic heterocycles. The van der Waals surface area contributed by atoms with Gasteiger partial charge in [-0.3, -0.25) is 0 Å². The number of rotatable bonds is 4. The van der Waals surface area contributed by atoms with E-state index in [1.165, 1.54) is 16.7 Å².